The summed E-state index contributed by atoms with van der Waals surface area (Å²) in [6.07, 6.45) is 0. The van der Waals surface area contributed by atoms with Crippen LogP contribution in [-0.4, -0.2) is 36.3 Å². The van der Waals surface area contributed by atoms with Gasteiger partial charge in [0.2, 0.25) is 11.7 Å². The molecule has 0 aliphatic carbocycles. The Balaban J connectivity index is 0.00000133. The highest BCUT2D eigenvalue weighted by Gasteiger charge is 2.11. The van der Waals surface area contributed by atoms with E-state index in [-0.39, 0.29) is 12.4 Å². The minimum atomic E-state index is 0. The fourth-order valence-electron chi connectivity index (χ4n) is 2.16. The lowest BCUT2D eigenvalue weighted by molar-refractivity contribution is 0.394. The third kappa shape index (κ3) is 3.05. The van der Waals surface area contributed by atoms with Gasteiger partial charge in [0.05, 0.1) is 0 Å². The lowest BCUT2D eigenvalue weighted by Crippen LogP contribution is -2.43. The number of nitrogens with zero attached hydrogens (tertiary/aromatic N) is 3. The van der Waals surface area contributed by atoms with Crippen molar-refractivity contribution in [3.05, 3.63) is 30.2 Å². The number of benzene rings is 1. The molecule has 1 saturated heterocycles. The summed E-state index contributed by atoms with van der Waals surface area (Å²) < 4.78 is 4.99. The van der Waals surface area contributed by atoms with E-state index in [1.54, 1.807) is 6.92 Å². The summed E-state index contributed by atoms with van der Waals surface area (Å²) in [6, 6.07) is 8.32. The van der Waals surface area contributed by atoms with E-state index in [0.717, 1.165) is 31.7 Å². The van der Waals surface area contributed by atoms with Gasteiger partial charge in [0.15, 0.2) is 0 Å². The number of aryl methyl sites for hydroxylation is 1. The number of aromatic nitrogens is 2. The summed E-state index contributed by atoms with van der Waals surface area (Å²) in [4.78, 5) is 6.60. The van der Waals surface area contributed by atoms with Crippen molar-refractivity contribution in [3.8, 4) is 11.4 Å². The average molecular weight is 281 g/mol. The van der Waals surface area contributed by atoms with Crippen molar-refractivity contribution >= 4 is 18.1 Å². The normalized spacial score (nSPS) is 15.1. The van der Waals surface area contributed by atoms with Crippen LogP contribution in [0.25, 0.3) is 11.4 Å². The Morgan fingerprint density at radius 3 is 2.42 bits per heavy atom. The fraction of sp³-hybridized carbons (Fsp3) is 0.385. The van der Waals surface area contributed by atoms with Gasteiger partial charge in [0.1, 0.15) is 0 Å². The number of nitrogens with one attached hydrogen (secondary N) is 1. The maximum atomic E-state index is 4.99. The largest absolute Gasteiger partial charge is 0.369 e. The van der Waals surface area contributed by atoms with Gasteiger partial charge in [0.25, 0.3) is 0 Å². The molecule has 1 N–H and O–H groups in total. The highest BCUT2D eigenvalue weighted by atomic mass is 35.5. The molecular formula is C13H17ClN4O. The standard InChI is InChI=1S/C13H16N4O.ClH/c1-10-15-13(16-18-10)11-2-4-12(5-3-11)17-8-6-14-7-9-17;/h2-5,14H,6-9H2,1H3;1H. The molecule has 1 aromatic heterocycles. The van der Waals surface area contributed by atoms with Gasteiger partial charge in [-0.15, -0.1) is 12.4 Å². The van der Waals surface area contributed by atoms with E-state index in [4.69, 9.17) is 4.52 Å². The molecular weight excluding hydrogens is 264 g/mol. The topological polar surface area (TPSA) is 54.2 Å². The van der Waals surface area contributed by atoms with Crippen molar-refractivity contribution in [2.45, 2.75) is 6.92 Å². The molecule has 0 radical (unpaired) electrons. The Morgan fingerprint density at radius 2 is 1.84 bits per heavy atom. The van der Waals surface area contributed by atoms with Crippen molar-refractivity contribution in [1.29, 1.82) is 0 Å². The molecule has 6 heteroatoms. The number of hydrogen-bond donors (Lipinski definition) is 1. The second-order valence-electron chi connectivity index (χ2n) is 4.42. The van der Waals surface area contributed by atoms with Crippen LogP contribution in [-0.2, 0) is 0 Å². The molecule has 2 heterocycles. The maximum Gasteiger partial charge on any atom is 0.223 e. The van der Waals surface area contributed by atoms with Gasteiger partial charge in [-0.3, -0.25) is 0 Å². The summed E-state index contributed by atoms with van der Waals surface area (Å²) in [5.41, 5.74) is 2.24. The first kappa shape index (κ1) is 13.8. The van der Waals surface area contributed by atoms with Gasteiger partial charge in [-0.1, -0.05) is 5.16 Å². The predicted molar refractivity (Wildman–Crippen MR) is 76.8 cm³/mol. The highest BCUT2D eigenvalue weighted by Crippen LogP contribution is 2.21. The first-order valence-corrected chi connectivity index (χ1v) is 6.19. The summed E-state index contributed by atoms with van der Waals surface area (Å²) in [5, 5.41) is 7.27. The molecule has 2 aromatic rings. The van der Waals surface area contributed by atoms with Crippen molar-refractivity contribution in [2.24, 2.45) is 0 Å². The van der Waals surface area contributed by atoms with E-state index < -0.39 is 0 Å². The highest BCUT2D eigenvalue weighted by molar-refractivity contribution is 5.85. The molecule has 1 fully saturated rings. The zero-order valence-corrected chi connectivity index (χ0v) is 11.6. The Hall–Kier alpha value is -1.59. The molecule has 0 saturated carbocycles. The number of rotatable bonds is 2. The first-order valence-electron chi connectivity index (χ1n) is 6.19. The number of halogens is 1. The van der Waals surface area contributed by atoms with Crippen LogP contribution in [0.2, 0.25) is 0 Å². The van der Waals surface area contributed by atoms with Crippen LogP contribution in [0.1, 0.15) is 5.89 Å². The molecule has 1 aromatic carbocycles. The second kappa shape index (κ2) is 6.04. The zero-order valence-electron chi connectivity index (χ0n) is 10.8. The van der Waals surface area contributed by atoms with E-state index in [0.29, 0.717) is 11.7 Å². The zero-order chi connectivity index (χ0) is 12.4. The number of anilines is 1. The smallest absolute Gasteiger partial charge is 0.223 e. The van der Waals surface area contributed by atoms with Crippen LogP contribution >= 0.6 is 12.4 Å². The van der Waals surface area contributed by atoms with Gasteiger partial charge in [0, 0.05) is 44.4 Å². The molecule has 102 valence electrons. The number of hydrogen-bond acceptors (Lipinski definition) is 5. The van der Waals surface area contributed by atoms with E-state index in [1.807, 2.05) is 12.1 Å². The summed E-state index contributed by atoms with van der Waals surface area (Å²) in [7, 11) is 0. The molecule has 0 spiro atoms. The third-order valence-electron chi connectivity index (χ3n) is 3.14. The van der Waals surface area contributed by atoms with Crippen molar-refractivity contribution < 1.29 is 4.52 Å². The molecule has 0 unspecified atom stereocenters. The fourth-order valence-corrected chi connectivity index (χ4v) is 2.16. The molecule has 0 bridgehead atoms. The first-order chi connectivity index (χ1) is 8.83. The van der Waals surface area contributed by atoms with Crippen LogP contribution in [0, 0.1) is 6.92 Å². The third-order valence-corrected chi connectivity index (χ3v) is 3.14. The Kier molecular flexibility index (Phi) is 4.39. The van der Waals surface area contributed by atoms with Crippen LogP contribution in [0.4, 0.5) is 5.69 Å². The molecule has 0 atom stereocenters. The maximum absolute atomic E-state index is 4.99. The van der Waals surface area contributed by atoms with E-state index in [9.17, 15) is 0 Å². The minimum Gasteiger partial charge on any atom is -0.369 e. The van der Waals surface area contributed by atoms with Crippen LogP contribution < -0.4 is 10.2 Å². The summed E-state index contributed by atoms with van der Waals surface area (Å²) in [6.45, 7) is 6.00. The average Bonchev–Trinajstić information content (AvgIpc) is 2.87. The monoisotopic (exact) mass is 280 g/mol. The second-order valence-corrected chi connectivity index (χ2v) is 4.42. The van der Waals surface area contributed by atoms with E-state index in [2.05, 4.69) is 32.5 Å². The molecule has 19 heavy (non-hydrogen) atoms. The molecule has 3 rings (SSSR count). The van der Waals surface area contributed by atoms with Gasteiger partial charge in [-0.05, 0) is 24.3 Å². The minimum absolute atomic E-state index is 0. The van der Waals surface area contributed by atoms with Gasteiger partial charge >= 0.3 is 0 Å². The Labute approximate surface area is 118 Å². The van der Waals surface area contributed by atoms with Crippen molar-refractivity contribution in [2.75, 3.05) is 31.1 Å². The molecule has 1 aliphatic heterocycles. The van der Waals surface area contributed by atoms with E-state index in [1.165, 1.54) is 5.69 Å². The molecule has 5 nitrogen and oxygen atoms in total. The van der Waals surface area contributed by atoms with Gasteiger partial charge in [-0.2, -0.15) is 4.98 Å². The van der Waals surface area contributed by atoms with Crippen molar-refractivity contribution in [1.82, 2.24) is 15.5 Å². The Bertz CT molecular complexity index is 520. The quantitative estimate of drug-likeness (QED) is 0.910. The predicted octanol–water partition coefficient (Wildman–Crippen LogP) is 1.88. The van der Waals surface area contributed by atoms with Crippen LogP contribution in [0.15, 0.2) is 28.8 Å². The van der Waals surface area contributed by atoms with Gasteiger partial charge < -0.3 is 14.7 Å². The van der Waals surface area contributed by atoms with Crippen molar-refractivity contribution in [3.63, 3.8) is 0 Å². The van der Waals surface area contributed by atoms with Crippen LogP contribution in [0.5, 0.6) is 0 Å². The summed E-state index contributed by atoms with van der Waals surface area (Å²) >= 11 is 0. The lowest BCUT2D eigenvalue weighted by Gasteiger charge is -2.29. The SMILES string of the molecule is Cc1nc(-c2ccc(N3CCNCC3)cc2)no1.Cl. The Morgan fingerprint density at radius 1 is 1.16 bits per heavy atom. The number of piperazine rings is 1. The molecule has 0 amide bonds. The summed E-state index contributed by atoms with van der Waals surface area (Å²) in [5.74, 6) is 1.25. The van der Waals surface area contributed by atoms with Crippen LogP contribution in [0.3, 0.4) is 0 Å². The lowest BCUT2D eigenvalue weighted by atomic mass is 10.1. The molecule has 1 aliphatic rings. The van der Waals surface area contributed by atoms with Gasteiger partial charge in [-0.25, -0.2) is 0 Å². The van der Waals surface area contributed by atoms with E-state index >= 15 is 0 Å².